The molecule has 152 valence electrons. The maximum atomic E-state index is 13.3. The molecule has 9 heteroatoms. The van der Waals surface area contributed by atoms with Gasteiger partial charge in [-0.3, -0.25) is 4.79 Å². The van der Waals surface area contributed by atoms with E-state index in [9.17, 15) is 13.2 Å². The number of rotatable bonds is 4. The second-order valence-corrected chi connectivity index (χ2v) is 9.78. The Balaban J connectivity index is 1.56. The van der Waals surface area contributed by atoms with Gasteiger partial charge in [-0.2, -0.15) is 13.1 Å². The van der Waals surface area contributed by atoms with Crippen LogP contribution in [0.5, 0.6) is 0 Å². The molecule has 2 heterocycles. The summed E-state index contributed by atoms with van der Waals surface area (Å²) in [6.45, 7) is 4.45. The van der Waals surface area contributed by atoms with Crippen molar-refractivity contribution in [1.82, 2.24) is 13.1 Å². The van der Waals surface area contributed by atoms with Gasteiger partial charge in [-0.15, -0.1) is 0 Å². The highest BCUT2D eigenvalue weighted by Gasteiger charge is 2.34. The number of hydrogen-bond acceptors (Lipinski definition) is 6. The van der Waals surface area contributed by atoms with Gasteiger partial charge in [0.25, 0.3) is 0 Å². The quantitative estimate of drug-likeness (QED) is 0.685. The lowest BCUT2D eigenvalue weighted by Crippen LogP contribution is -2.43. The Bertz CT molecular complexity index is 1150. The molecule has 2 aromatic carbocycles. The van der Waals surface area contributed by atoms with Crippen LogP contribution >= 0.6 is 11.7 Å². The monoisotopic (exact) mass is 430 g/mol. The van der Waals surface area contributed by atoms with Crippen LogP contribution in [0.4, 0.5) is 5.69 Å². The van der Waals surface area contributed by atoms with Crippen molar-refractivity contribution < 1.29 is 13.2 Å². The van der Waals surface area contributed by atoms with Gasteiger partial charge in [0.15, 0.2) is 0 Å². The molecule has 1 aromatic heterocycles. The average molecular weight is 431 g/mol. The van der Waals surface area contributed by atoms with Gasteiger partial charge in [0.2, 0.25) is 15.9 Å². The highest BCUT2D eigenvalue weighted by atomic mass is 32.2. The number of carbonyl (C=O) groups is 1. The third kappa shape index (κ3) is 3.77. The van der Waals surface area contributed by atoms with E-state index in [0.717, 1.165) is 28.5 Å². The first-order chi connectivity index (χ1) is 13.9. The number of aryl methyl sites for hydroxylation is 2. The number of nitrogens with zero attached hydrogens (tertiary/aromatic N) is 3. The van der Waals surface area contributed by atoms with Crippen LogP contribution in [-0.4, -0.2) is 40.5 Å². The summed E-state index contributed by atoms with van der Waals surface area (Å²) in [5.41, 5.74) is 3.73. The van der Waals surface area contributed by atoms with E-state index in [1.165, 1.54) is 4.31 Å². The topological polar surface area (TPSA) is 92.3 Å². The summed E-state index contributed by atoms with van der Waals surface area (Å²) in [7, 11) is -3.76. The Kier molecular flexibility index (Phi) is 5.37. The molecule has 7 nitrogen and oxygen atoms in total. The zero-order valence-corrected chi connectivity index (χ0v) is 17.9. The minimum atomic E-state index is -3.76. The number of sulfonamides is 1. The fourth-order valence-corrected chi connectivity index (χ4v) is 6.02. The lowest BCUT2D eigenvalue weighted by atomic mass is 9.98. The van der Waals surface area contributed by atoms with Crippen molar-refractivity contribution in [3.63, 3.8) is 0 Å². The lowest BCUT2D eigenvalue weighted by molar-refractivity contribution is -0.120. The van der Waals surface area contributed by atoms with Crippen LogP contribution in [0.25, 0.3) is 11.0 Å². The van der Waals surface area contributed by atoms with Crippen LogP contribution < -0.4 is 5.32 Å². The van der Waals surface area contributed by atoms with Crippen molar-refractivity contribution in [2.75, 3.05) is 18.4 Å². The van der Waals surface area contributed by atoms with E-state index in [1.807, 2.05) is 32.0 Å². The van der Waals surface area contributed by atoms with E-state index in [4.69, 9.17) is 0 Å². The summed E-state index contributed by atoms with van der Waals surface area (Å²) in [5.74, 6) is -0.541. The molecule has 0 saturated carbocycles. The molecular formula is C20H22N4O3S2. The van der Waals surface area contributed by atoms with Gasteiger partial charge < -0.3 is 5.32 Å². The third-order valence-electron chi connectivity index (χ3n) is 5.35. The Morgan fingerprint density at radius 2 is 1.86 bits per heavy atom. The largest absolute Gasteiger partial charge is 0.325 e. The third-order valence-corrected chi connectivity index (χ3v) is 7.79. The second kappa shape index (κ2) is 7.81. The van der Waals surface area contributed by atoms with Crippen LogP contribution in [0, 0.1) is 19.8 Å². The molecule has 1 aliphatic rings. The van der Waals surface area contributed by atoms with Gasteiger partial charge in [-0.25, -0.2) is 8.42 Å². The van der Waals surface area contributed by atoms with E-state index in [0.29, 0.717) is 30.4 Å². The van der Waals surface area contributed by atoms with Gasteiger partial charge in [-0.05, 0) is 49.9 Å². The molecule has 0 aliphatic carbocycles. The smallest absolute Gasteiger partial charge is 0.245 e. The Morgan fingerprint density at radius 3 is 2.62 bits per heavy atom. The number of nitrogens with one attached hydrogen (secondary N) is 1. The first kappa shape index (κ1) is 19.9. The first-order valence-electron chi connectivity index (χ1n) is 9.46. The molecule has 4 rings (SSSR count). The highest BCUT2D eigenvalue weighted by Crippen LogP contribution is 2.29. The number of hydrogen-bond donors (Lipinski definition) is 1. The van der Waals surface area contributed by atoms with Crippen molar-refractivity contribution in [3.8, 4) is 0 Å². The number of carbonyl (C=O) groups excluding carboxylic acids is 1. The van der Waals surface area contributed by atoms with E-state index < -0.39 is 15.9 Å². The summed E-state index contributed by atoms with van der Waals surface area (Å²) in [6.07, 6.45) is 1.29. The Hall–Kier alpha value is -2.36. The molecule has 29 heavy (non-hydrogen) atoms. The molecule has 0 radical (unpaired) electrons. The van der Waals surface area contributed by atoms with Gasteiger partial charge in [-0.1, -0.05) is 24.3 Å². The number of fused-ring (bicyclic) bond motifs is 1. The number of amides is 1. The normalized spacial score (nSPS) is 18.1. The summed E-state index contributed by atoms with van der Waals surface area (Å²) in [6, 6.07) is 10.8. The van der Waals surface area contributed by atoms with E-state index in [2.05, 4.69) is 14.1 Å². The zero-order valence-electron chi connectivity index (χ0n) is 16.3. The number of piperidine rings is 1. The van der Waals surface area contributed by atoms with Crippen LogP contribution in [-0.2, 0) is 14.8 Å². The summed E-state index contributed by atoms with van der Waals surface area (Å²) in [4.78, 5) is 13.1. The van der Waals surface area contributed by atoms with E-state index in [1.54, 1.807) is 18.2 Å². The van der Waals surface area contributed by atoms with Gasteiger partial charge >= 0.3 is 0 Å². The van der Waals surface area contributed by atoms with Crippen molar-refractivity contribution in [2.45, 2.75) is 31.6 Å². The van der Waals surface area contributed by atoms with Gasteiger partial charge in [0, 0.05) is 18.8 Å². The van der Waals surface area contributed by atoms with Crippen LogP contribution in [0.15, 0.2) is 41.3 Å². The second-order valence-electron chi connectivity index (χ2n) is 7.35. The Morgan fingerprint density at radius 1 is 1.14 bits per heavy atom. The maximum absolute atomic E-state index is 13.3. The Labute approximate surface area is 174 Å². The lowest BCUT2D eigenvalue weighted by Gasteiger charge is -2.31. The highest BCUT2D eigenvalue weighted by molar-refractivity contribution is 7.89. The maximum Gasteiger partial charge on any atom is 0.245 e. The summed E-state index contributed by atoms with van der Waals surface area (Å²) >= 11 is 0.992. The van der Waals surface area contributed by atoms with Crippen molar-refractivity contribution >= 4 is 44.4 Å². The molecule has 1 atom stereocenters. The average Bonchev–Trinajstić information content (AvgIpc) is 3.19. The molecule has 1 N–H and O–H groups in total. The zero-order chi connectivity index (χ0) is 20.6. The van der Waals surface area contributed by atoms with Crippen LogP contribution in [0.2, 0.25) is 0 Å². The summed E-state index contributed by atoms with van der Waals surface area (Å²) < 4.78 is 36.2. The van der Waals surface area contributed by atoms with Crippen molar-refractivity contribution in [3.05, 3.63) is 47.5 Å². The predicted molar refractivity (Wildman–Crippen MR) is 113 cm³/mol. The molecule has 0 spiro atoms. The van der Waals surface area contributed by atoms with Crippen molar-refractivity contribution in [2.24, 2.45) is 5.92 Å². The minimum absolute atomic E-state index is 0.143. The molecule has 1 amide bonds. The molecule has 0 bridgehead atoms. The predicted octanol–water partition coefficient (Wildman–Crippen LogP) is 3.35. The fourth-order valence-electron chi connectivity index (χ4n) is 3.74. The molecule has 1 aliphatic heterocycles. The van der Waals surface area contributed by atoms with Crippen LogP contribution in [0.3, 0.4) is 0 Å². The SMILES string of the molecule is Cc1cccc(C)c1NC(=O)[C@@H]1CCCN(S(=O)(=O)c2cccc3nsnc23)C1. The first-order valence-corrected chi connectivity index (χ1v) is 11.6. The van der Waals surface area contributed by atoms with Gasteiger partial charge in [0.1, 0.15) is 15.9 Å². The fraction of sp³-hybridized carbons (Fsp3) is 0.350. The summed E-state index contributed by atoms with van der Waals surface area (Å²) in [5, 5.41) is 3.00. The molecule has 3 aromatic rings. The standard InChI is InChI=1S/C20H22N4O3S2/c1-13-6-3-7-14(2)18(13)21-20(25)15-8-5-11-24(12-15)29(26,27)17-10-4-9-16-19(17)23-28-22-16/h3-4,6-7,9-10,15H,5,8,11-12H2,1-2H3,(H,21,25)/t15-/m1/s1. The molecule has 1 saturated heterocycles. The number of anilines is 1. The molecule has 0 unspecified atom stereocenters. The van der Waals surface area contributed by atoms with Crippen molar-refractivity contribution in [1.29, 1.82) is 0 Å². The number of aromatic nitrogens is 2. The van der Waals surface area contributed by atoms with Crippen LogP contribution in [0.1, 0.15) is 24.0 Å². The number of para-hydroxylation sites is 1. The van der Waals surface area contributed by atoms with E-state index in [-0.39, 0.29) is 17.3 Å². The van der Waals surface area contributed by atoms with E-state index >= 15 is 0 Å². The number of benzene rings is 2. The minimum Gasteiger partial charge on any atom is -0.325 e. The molecular weight excluding hydrogens is 408 g/mol. The van der Waals surface area contributed by atoms with Gasteiger partial charge in [0.05, 0.1) is 17.6 Å². The molecule has 1 fully saturated rings.